The molecule has 13 heavy (non-hydrogen) atoms. The second kappa shape index (κ2) is 5.53. The van der Waals surface area contributed by atoms with E-state index in [1.54, 1.807) is 6.92 Å². The fourth-order valence-electron chi connectivity index (χ4n) is 0.916. The van der Waals surface area contributed by atoms with E-state index in [9.17, 15) is 9.59 Å². The lowest BCUT2D eigenvalue weighted by atomic mass is 10.2. The zero-order valence-corrected chi connectivity index (χ0v) is 8.03. The Balaban J connectivity index is 4.06. The van der Waals surface area contributed by atoms with Gasteiger partial charge in [-0.1, -0.05) is 0 Å². The quantitative estimate of drug-likeness (QED) is 0.581. The number of rotatable bonds is 4. The summed E-state index contributed by atoms with van der Waals surface area (Å²) in [4.78, 5) is 21.2. The van der Waals surface area contributed by atoms with Gasteiger partial charge in [-0.2, -0.15) is 0 Å². The van der Waals surface area contributed by atoms with Crippen LogP contribution in [0.1, 0.15) is 20.8 Å². The zero-order valence-electron chi connectivity index (χ0n) is 8.03. The molecule has 76 valence electrons. The van der Waals surface area contributed by atoms with Crippen molar-refractivity contribution in [1.82, 2.24) is 5.32 Å². The third kappa shape index (κ3) is 5.19. The van der Waals surface area contributed by atoms with Gasteiger partial charge in [-0.3, -0.25) is 9.59 Å². The van der Waals surface area contributed by atoms with E-state index in [4.69, 9.17) is 9.84 Å². The molecule has 0 aromatic rings. The number of hydrogen-bond acceptors (Lipinski definition) is 4. The fraction of sp³-hybridized carbons (Fsp3) is 0.750. The van der Waals surface area contributed by atoms with Crippen molar-refractivity contribution in [2.75, 3.05) is 6.61 Å². The summed E-state index contributed by atoms with van der Waals surface area (Å²) in [7, 11) is 0. The molecule has 0 spiro atoms. The maximum absolute atomic E-state index is 10.6. The zero-order chi connectivity index (χ0) is 10.4. The fourth-order valence-corrected chi connectivity index (χ4v) is 0.916. The van der Waals surface area contributed by atoms with Crippen molar-refractivity contribution in [2.24, 2.45) is 0 Å². The standard InChI is InChI=1S/C8H15NO4/c1-5(13-7(3)12)8(4-10)9-6(2)11/h5,8,10H,4H2,1-3H3,(H,9,11)/t5-,8-/m0/s1. The molecule has 0 aliphatic carbocycles. The number of aliphatic hydroxyl groups is 1. The molecule has 0 aromatic heterocycles. The van der Waals surface area contributed by atoms with Crippen molar-refractivity contribution in [3.05, 3.63) is 0 Å². The Labute approximate surface area is 77.1 Å². The van der Waals surface area contributed by atoms with Crippen LogP contribution < -0.4 is 5.32 Å². The first-order valence-electron chi connectivity index (χ1n) is 4.02. The summed E-state index contributed by atoms with van der Waals surface area (Å²) in [6.07, 6.45) is -0.522. The molecular weight excluding hydrogens is 174 g/mol. The van der Waals surface area contributed by atoms with Crippen LogP contribution in [0.3, 0.4) is 0 Å². The van der Waals surface area contributed by atoms with Crippen LogP contribution in [0, 0.1) is 0 Å². The Kier molecular flexibility index (Phi) is 5.06. The lowest BCUT2D eigenvalue weighted by Gasteiger charge is -2.21. The summed E-state index contributed by atoms with van der Waals surface area (Å²) in [6, 6.07) is -0.540. The molecule has 2 N–H and O–H groups in total. The normalized spacial score (nSPS) is 14.5. The molecule has 5 nitrogen and oxygen atoms in total. The first-order valence-corrected chi connectivity index (χ1v) is 4.02. The van der Waals surface area contributed by atoms with E-state index in [0.717, 1.165) is 0 Å². The van der Waals surface area contributed by atoms with Gasteiger partial charge < -0.3 is 15.2 Å². The van der Waals surface area contributed by atoms with Gasteiger partial charge in [0.1, 0.15) is 6.10 Å². The maximum Gasteiger partial charge on any atom is 0.302 e. The topological polar surface area (TPSA) is 75.6 Å². The van der Waals surface area contributed by atoms with E-state index >= 15 is 0 Å². The summed E-state index contributed by atoms with van der Waals surface area (Å²) in [5.41, 5.74) is 0. The molecule has 2 atom stereocenters. The first kappa shape index (κ1) is 11.9. The van der Waals surface area contributed by atoms with Crippen molar-refractivity contribution in [1.29, 1.82) is 0 Å². The third-order valence-corrected chi connectivity index (χ3v) is 1.50. The van der Waals surface area contributed by atoms with Crippen molar-refractivity contribution >= 4 is 11.9 Å². The highest BCUT2D eigenvalue weighted by Crippen LogP contribution is 1.98. The largest absolute Gasteiger partial charge is 0.461 e. The summed E-state index contributed by atoms with van der Waals surface area (Å²) < 4.78 is 4.79. The molecule has 0 aliphatic rings. The van der Waals surface area contributed by atoms with Gasteiger partial charge in [-0.05, 0) is 6.92 Å². The van der Waals surface area contributed by atoms with Crippen LogP contribution >= 0.6 is 0 Å². The number of aliphatic hydroxyl groups excluding tert-OH is 1. The molecule has 0 unspecified atom stereocenters. The SMILES string of the molecule is CC(=O)N[C@@H](CO)[C@H](C)OC(C)=O. The second-order valence-electron chi connectivity index (χ2n) is 2.80. The van der Waals surface area contributed by atoms with Crippen LogP contribution in [0.4, 0.5) is 0 Å². The molecular formula is C8H15NO4. The number of hydrogen-bond donors (Lipinski definition) is 2. The van der Waals surface area contributed by atoms with Crippen molar-refractivity contribution in [2.45, 2.75) is 32.9 Å². The first-order chi connectivity index (χ1) is 5.97. The van der Waals surface area contributed by atoms with Gasteiger partial charge in [0.15, 0.2) is 0 Å². The Morgan fingerprint density at radius 2 is 2.00 bits per heavy atom. The predicted molar refractivity (Wildman–Crippen MR) is 45.9 cm³/mol. The molecule has 0 heterocycles. The number of amides is 1. The van der Waals surface area contributed by atoms with E-state index < -0.39 is 18.1 Å². The summed E-state index contributed by atoms with van der Waals surface area (Å²) in [5.74, 6) is -0.700. The second-order valence-corrected chi connectivity index (χ2v) is 2.80. The van der Waals surface area contributed by atoms with Gasteiger partial charge in [0.2, 0.25) is 5.91 Å². The summed E-state index contributed by atoms with van der Waals surface area (Å²) in [6.45, 7) is 3.97. The smallest absolute Gasteiger partial charge is 0.302 e. The molecule has 0 saturated carbocycles. The molecule has 0 saturated heterocycles. The number of carbonyl (C=O) groups excluding carboxylic acids is 2. The molecule has 0 rings (SSSR count). The predicted octanol–water partition coefficient (Wildman–Crippen LogP) is -0.565. The number of carbonyl (C=O) groups is 2. The molecule has 0 fully saturated rings. The Morgan fingerprint density at radius 3 is 2.31 bits per heavy atom. The van der Waals surface area contributed by atoms with Crippen molar-refractivity contribution in [3.8, 4) is 0 Å². The van der Waals surface area contributed by atoms with Crippen LogP contribution in [-0.4, -0.2) is 35.7 Å². The highest BCUT2D eigenvalue weighted by atomic mass is 16.5. The number of nitrogens with one attached hydrogen (secondary N) is 1. The minimum absolute atomic E-state index is 0.256. The Morgan fingerprint density at radius 1 is 1.46 bits per heavy atom. The van der Waals surface area contributed by atoms with Crippen LogP contribution in [0.25, 0.3) is 0 Å². The highest BCUT2D eigenvalue weighted by Gasteiger charge is 2.19. The van der Waals surface area contributed by atoms with Crippen LogP contribution in [-0.2, 0) is 14.3 Å². The average Bonchev–Trinajstić information content (AvgIpc) is 1.98. The number of ether oxygens (including phenoxy) is 1. The van der Waals surface area contributed by atoms with E-state index in [0.29, 0.717) is 0 Å². The van der Waals surface area contributed by atoms with E-state index in [1.807, 2.05) is 0 Å². The maximum atomic E-state index is 10.6. The van der Waals surface area contributed by atoms with Gasteiger partial charge in [0.05, 0.1) is 12.6 Å². The number of esters is 1. The van der Waals surface area contributed by atoms with Crippen LogP contribution in [0.15, 0.2) is 0 Å². The molecule has 0 radical (unpaired) electrons. The van der Waals surface area contributed by atoms with Gasteiger partial charge >= 0.3 is 5.97 Å². The monoisotopic (exact) mass is 189 g/mol. The van der Waals surface area contributed by atoms with Crippen molar-refractivity contribution in [3.63, 3.8) is 0 Å². The van der Waals surface area contributed by atoms with Crippen molar-refractivity contribution < 1.29 is 19.4 Å². The lowest BCUT2D eigenvalue weighted by molar-refractivity contribution is -0.148. The van der Waals surface area contributed by atoms with E-state index in [1.165, 1.54) is 13.8 Å². The lowest BCUT2D eigenvalue weighted by Crippen LogP contribution is -2.45. The summed E-state index contributed by atoms with van der Waals surface area (Å²) in [5, 5.41) is 11.3. The molecule has 1 amide bonds. The third-order valence-electron chi connectivity index (χ3n) is 1.50. The summed E-state index contributed by atoms with van der Waals surface area (Å²) >= 11 is 0. The van der Waals surface area contributed by atoms with Crippen LogP contribution in [0.2, 0.25) is 0 Å². The minimum atomic E-state index is -0.540. The van der Waals surface area contributed by atoms with Crippen LogP contribution in [0.5, 0.6) is 0 Å². The Bertz CT molecular complexity index is 193. The van der Waals surface area contributed by atoms with E-state index in [2.05, 4.69) is 5.32 Å². The molecule has 0 aromatic carbocycles. The van der Waals surface area contributed by atoms with Gasteiger partial charge in [-0.15, -0.1) is 0 Å². The minimum Gasteiger partial charge on any atom is -0.461 e. The Hall–Kier alpha value is -1.10. The molecule has 0 aliphatic heterocycles. The highest BCUT2D eigenvalue weighted by molar-refractivity contribution is 5.73. The van der Waals surface area contributed by atoms with E-state index in [-0.39, 0.29) is 12.5 Å². The van der Waals surface area contributed by atoms with Gasteiger partial charge in [0, 0.05) is 13.8 Å². The molecule has 5 heteroatoms. The van der Waals surface area contributed by atoms with Gasteiger partial charge in [-0.25, -0.2) is 0 Å². The molecule has 0 bridgehead atoms. The van der Waals surface area contributed by atoms with Gasteiger partial charge in [0.25, 0.3) is 0 Å². The average molecular weight is 189 g/mol.